The summed E-state index contributed by atoms with van der Waals surface area (Å²) >= 11 is 0. The minimum atomic E-state index is -1.05. The van der Waals surface area contributed by atoms with Crippen molar-refractivity contribution in [3.05, 3.63) is 35.9 Å². The first kappa shape index (κ1) is 20.4. The van der Waals surface area contributed by atoms with Gasteiger partial charge >= 0.3 is 6.03 Å². The molecule has 9 nitrogen and oxygen atoms in total. The maximum Gasteiger partial charge on any atom is 0.316 e. The Kier molecular flexibility index (Phi) is 8.37. The van der Waals surface area contributed by atoms with Crippen LogP contribution in [0.1, 0.15) is 18.9 Å². The van der Waals surface area contributed by atoms with Crippen molar-refractivity contribution in [3.8, 4) is 0 Å². The number of carbonyl (C=O) groups is 3. The third kappa shape index (κ3) is 7.19. The summed E-state index contributed by atoms with van der Waals surface area (Å²) in [4.78, 5) is 35.3. The largest absolute Gasteiger partial charge is 0.396 e. The summed E-state index contributed by atoms with van der Waals surface area (Å²) < 4.78 is 0. The van der Waals surface area contributed by atoms with Crippen LogP contribution in [0, 0.1) is 5.92 Å². The SMILES string of the molecule is CC(CO)CC(NC(=O)NC(Cc1ccccc1)C(=O)NO)C(N)=O. The Morgan fingerprint density at radius 1 is 1.12 bits per heavy atom. The van der Waals surface area contributed by atoms with Crippen LogP contribution in [0.5, 0.6) is 0 Å². The molecule has 0 aromatic heterocycles. The average molecular weight is 352 g/mol. The second-order valence-corrected chi connectivity index (χ2v) is 5.81. The van der Waals surface area contributed by atoms with Gasteiger partial charge in [-0.3, -0.25) is 14.8 Å². The van der Waals surface area contributed by atoms with Crippen molar-refractivity contribution in [3.63, 3.8) is 0 Å². The van der Waals surface area contributed by atoms with E-state index >= 15 is 0 Å². The lowest BCUT2D eigenvalue weighted by Gasteiger charge is -2.21. The van der Waals surface area contributed by atoms with Crippen molar-refractivity contribution in [2.24, 2.45) is 11.7 Å². The number of hydroxylamine groups is 1. The van der Waals surface area contributed by atoms with Crippen LogP contribution >= 0.6 is 0 Å². The van der Waals surface area contributed by atoms with Gasteiger partial charge in [-0.05, 0) is 17.9 Å². The van der Waals surface area contributed by atoms with Crippen molar-refractivity contribution in [1.29, 1.82) is 0 Å². The highest BCUT2D eigenvalue weighted by Crippen LogP contribution is 2.06. The van der Waals surface area contributed by atoms with E-state index < -0.39 is 29.9 Å². The molecule has 1 aromatic rings. The summed E-state index contributed by atoms with van der Waals surface area (Å²) in [5.41, 5.74) is 7.52. The van der Waals surface area contributed by atoms with Crippen LogP contribution in [0.2, 0.25) is 0 Å². The number of hydrogen-bond acceptors (Lipinski definition) is 5. The van der Waals surface area contributed by atoms with Gasteiger partial charge in [-0.1, -0.05) is 37.3 Å². The van der Waals surface area contributed by atoms with Crippen molar-refractivity contribution in [2.75, 3.05) is 6.61 Å². The highest BCUT2D eigenvalue weighted by Gasteiger charge is 2.25. The molecule has 0 saturated carbocycles. The summed E-state index contributed by atoms with van der Waals surface area (Å²) in [6.07, 6.45) is 0.309. The third-order valence-corrected chi connectivity index (χ3v) is 3.61. The Morgan fingerprint density at radius 3 is 2.24 bits per heavy atom. The topological polar surface area (TPSA) is 154 Å². The average Bonchev–Trinajstić information content (AvgIpc) is 2.60. The van der Waals surface area contributed by atoms with Gasteiger partial charge in [0.15, 0.2) is 0 Å². The molecule has 0 heterocycles. The molecule has 0 aliphatic heterocycles. The van der Waals surface area contributed by atoms with Gasteiger partial charge in [0, 0.05) is 13.0 Å². The monoisotopic (exact) mass is 352 g/mol. The number of primary amides is 1. The lowest BCUT2D eigenvalue weighted by molar-refractivity contribution is -0.131. The maximum atomic E-state index is 12.1. The number of aliphatic hydroxyl groups excluding tert-OH is 1. The van der Waals surface area contributed by atoms with Gasteiger partial charge in [0.2, 0.25) is 5.91 Å². The second kappa shape index (κ2) is 10.3. The standard InChI is InChI=1S/C16H24N4O5/c1-10(9-21)7-12(14(17)22)18-16(24)19-13(15(23)20-25)8-11-5-3-2-4-6-11/h2-6,10,12-13,21,25H,7-9H2,1H3,(H2,17,22)(H,20,23)(H2,18,19,24). The zero-order valence-corrected chi connectivity index (χ0v) is 13.9. The van der Waals surface area contributed by atoms with Crippen molar-refractivity contribution < 1.29 is 24.7 Å². The number of urea groups is 1. The number of rotatable bonds is 9. The zero-order valence-electron chi connectivity index (χ0n) is 13.9. The molecule has 3 unspecified atom stereocenters. The summed E-state index contributed by atoms with van der Waals surface area (Å²) in [5, 5.41) is 22.7. The molecule has 7 N–H and O–H groups in total. The summed E-state index contributed by atoms with van der Waals surface area (Å²) in [7, 11) is 0. The highest BCUT2D eigenvalue weighted by atomic mass is 16.5. The molecule has 0 spiro atoms. The quantitative estimate of drug-likeness (QED) is 0.256. The molecule has 4 amide bonds. The van der Waals surface area contributed by atoms with E-state index in [-0.39, 0.29) is 25.4 Å². The third-order valence-electron chi connectivity index (χ3n) is 3.61. The first-order chi connectivity index (χ1) is 11.9. The van der Waals surface area contributed by atoms with Crippen LogP contribution in [-0.4, -0.2) is 46.8 Å². The number of nitrogens with one attached hydrogen (secondary N) is 3. The van der Waals surface area contributed by atoms with Crippen LogP contribution < -0.4 is 21.8 Å². The van der Waals surface area contributed by atoms with Gasteiger partial charge in [0.25, 0.3) is 5.91 Å². The highest BCUT2D eigenvalue weighted by molar-refractivity contribution is 5.89. The summed E-state index contributed by atoms with van der Waals surface area (Å²) in [6.45, 7) is 1.55. The molecular formula is C16H24N4O5. The van der Waals surface area contributed by atoms with Gasteiger partial charge in [-0.25, -0.2) is 10.3 Å². The molecule has 0 aliphatic carbocycles. The van der Waals surface area contributed by atoms with E-state index in [1.165, 1.54) is 5.48 Å². The Balaban J connectivity index is 2.73. The van der Waals surface area contributed by atoms with Gasteiger partial charge in [-0.15, -0.1) is 0 Å². The second-order valence-electron chi connectivity index (χ2n) is 5.81. The fourth-order valence-electron chi connectivity index (χ4n) is 2.22. The van der Waals surface area contributed by atoms with E-state index in [2.05, 4.69) is 10.6 Å². The molecular weight excluding hydrogens is 328 g/mol. The number of amides is 4. The number of aliphatic hydroxyl groups is 1. The Hall–Kier alpha value is -2.65. The lowest BCUT2D eigenvalue weighted by Crippen LogP contribution is -2.55. The van der Waals surface area contributed by atoms with E-state index in [4.69, 9.17) is 16.0 Å². The van der Waals surface area contributed by atoms with E-state index in [1.807, 2.05) is 6.07 Å². The minimum Gasteiger partial charge on any atom is -0.396 e. The molecule has 0 fully saturated rings. The van der Waals surface area contributed by atoms with Crippen LogP contribution in [-0.2, 0) is 16.0 Å². The first-order valence-corrected chi connectivity index (χ1v) is 7.82. The number of carbonyl (C=O) groups excluding carboxylic acids is 3. The van der Waals surface area contributed by atoms with Crippen molar-refractivity contribution in [1.82, 2.24) is 16.1 Å². The molecule has 0 bridgehead atoms. The summed E-state index contributed by atoms with van der Waals surface area (Å²) in [6, 6.07) is 6.10. The van der Waals surface area contributed by atoms with Crippen molar-refractivity contribution >= 4 is 17.8 Å². The minimum absolute atomic E-state index is 0.148. The number of nitrogens with two attached hydrogens (primary N) is 1. The predicted molar refractivity (Wildman–Crippen MR) is 89.4 cm³/mol. The van der Waals surface area contributed by atoms with E-state index in [1.54, 1.807) is 31.2 Å². The maximum absolute atomic E-state index is 12.1. The number of benzene rings is 1. The molecule has 3 atom stereocenters. The predicted octanol–water partition coefficient (Wildman–Crippen LogP) is -0.725. The normalized spacial score (nSPS) is 14.0. The van der Waals surface area contributed by atoms with Gasteiger partial charge < -0.3 is 21.5 Å². The Bertz CT molecular complexity index is 581. The summed E-state index contributed by atoms with van der Waals surface area (Å²) in [5.74, 6) is -1.78. The Morgan fingerprint density at radius 2 is 1.72 bits per heavy atom. The van der Waals surface area contributed by atoms with Gasteiger partial charge in [0.05, 0.1) is 0 Å². The van der Waals surface area contributed by atoms with Crippen LogP contribution in [0.4, 0.5) is 4.79 Å². The Labute approximate surface area is 145 Å². The zero-order chi connectivity index (χ0) is 18.8. The van der Waals surface area contributed by atoms with E-state index in [0.717, 1.165) is 5.56 Å². The molecule has 1 rings (SSSR count). The van der Waals surface area contributed by atoms with Crippen LogP contribution in [0.3, 0.4) is 0 Å². The molecule has 138 valence electrons. The molecule has 0 aliphatic rings. The molecule has 9 heteroatoms. The lowest BCUT2D eigenvalue weighted by atomic mass is 10.0. The molecule has 0 radical (unpaired) electrons. The number of hydrogen-bond donors (Lipinski definition) is 6. The van der Waals surface area contributed by atoms with Gasteiger partial charge in [0.1, 0.15) is 12.1 Å². The molecule has 25 heavy (non-hydrogen) atoms. The van der Waals surface area contributed by atoms with E-state index in [9.17, 15) is 14.4 Å². The van der Waals surface area contributed by atoms with Gasteiger partial charge in [-0.2, -0.15) is 0 Å². The smallest absolute Gasteiger partial charge is 0.316 e. The fraction of sp³-hybridized carbons (Fsp3) is 0.438. The molecule has 0 saturated heterocycles. The van der Waals surface area contributed by atoms with Crippen molar-refractivity contribution in [2.45, 2.75) is 31.8 Å². The fourth-order valence-corrected chi connectivity index (χ4v) is 2.22. The van der Waals surface area contributed by atoms with Crippen LogP contribution in [0.25, 0.3) is 0 Å². The molecule has 1 aromatic carbocycles. The van der Waals surface area contributed by atoms with Crippen LogP contribution in [0.15, 0.2) is 30.3 Å². The van der Waals surface area contributed by atoms with E-state index in [0.29, 0.717) is 0 Å². The first-order valence-electron chi connectivity index (χ1n) is 7.82.